The van der Waals surface area contributed by atoms with E-state index in [2.05, 4.69) is 19.1 Å². The molecule has 0 spiro atoms. The number of carbonyl (C=O) groups is 1. The van der Waals surface area contributed by atoms with Crippen LogP contribution >= 0.6 is 0 Å². The van der Waals surface area contributed by atoms with E-state index in [0.717, 1.165) is 42.0 Å². The number of amides is 1. The number of aryl methyl sites for hydroxylation is 1. The van der Waals surface area contributed by atoms with Crippen LogP contribution in [0.15, 0.2) is 54.6 Å². The average molecular weight is 374 g/mol. The molecule has 5 nitrogen and oxygen atoms in total. The highest BCUT2D eigenvalue weighted by molar-refractivity contribution is 5.95. The van der Waals surface area contributed by atoms with Gasteiger partial charge in [0.25, 0.3) is 5.91 Å². The normalized spacial score (nSPS) is 16.5. The third-order valence-corrected chi connectivity index (χ3v) is 5.49. The molecule has 2 heterocycles. The second-order valence-corrected chi connectivity index (χ2v) is 7.57. The lowest BCUT2D eigenvalue weighted by molar-refractivity contribution is 0.0791. The Bertz CT molecular complexity index is 976. The van der Waals surface area contributed by atoms with Gasteiger partial charge in [0.2, 0.25) is 0 Å². The fourth-order valence-corrected chi connectivity index (χ4v) is 3.96. The molecule has 1 aromatic heterocycles. The topological polar surface area (TPSA) is 64.2 Å². The van der Waals surface area contributed by atoms with Gasteiger partial charge in [-0.05, 0) is 43.5 Å². The standard InChI is InChI=1S/C23H26N4O/c1-16-22(17(2)27(25-16)14-18-6-4-3-5-7-18)19-8-10-20(11-9-19)23(28)26-13-12-21(24)15-26/h3-11,21H,12-15,24H2,1-2H3/t21-/m1/s1. The predicted molar refractivity (Wildman–Crippen MR) is 111 cm³/mol. The van der Waals surface area contributed by atoms with Crippen molar-refractivity contribution in [2.75, 3.05) is 13.1 Å². The summed E-state index contributed by atoms with van der Waals surface area (Å²) < 4.78 is 2.05. The summed E-state index contributed by atoms with van der Waals surface area (Å²) in [5, 5.41) is 4.74. The van der Waals surface area contributed by atoms with E-state index in [1.165, 1.54) is 5.56 Å². The highest BCUT2D eigenvalue weighted by atomic mass is 16.2. The second kappa shape index (κ2) is 7.60. The summed E-state index contributed by atoms with van der Waals surface area (Å²) in [5.41, 5.74) is 12.2. The molecule has 0 unspecified atom stereocenters. The summed E-state index contributed by atoms with van der Waals surface area (Å²) in [6.45, 7) is 6.27. The van der Waals surface area contributed by atoms with E-state index in [0.29, 0.717) is 12.1 Å². The zero-order valence-electron chi connectivity index (χ0n) is 16.4. The fraction of sp³-hybridized carbons (Fsp3) is 0.304. The summed E-state index contributed by atoms with van der Waals surface area (Å²) in [5.74, 6) is 0.0627. The maximum absolute atomic E-state index is 12.6. The molecule has 4 rings (SSSR count). The molecule has 1 saturated heterocycles. The highest BCUT2D eigenvalue weighted by Gasteiger charge is 2.24. The molecule has 0 radical (unpaired) electrons. The zero-order chi connectivity index (χ0) is 19.7. The molecular formula is C23H26N4O. The fourth-order valence-electron chi connectivity index (χ4n) is 3.96. The van der Waals surface area contributed by atoms with Crippen LogP contribution in [0.2, 0.25) is 0 Å². The molecule has 1 atom stereocenters. The molecule has 144 valence electrons. The van der Waals surface area contributed by atoms with Crippen molar-refractivity contribution in [2.45, 2.75) is 32.9 Å². The van der Waals surface area contributed by atoms with Crippen molar-refractivity contribution in [2.24, 2.45) is 5.73 Å². The van der Waals surface area contributed by atoms with Crippen molar-refractivity contribution in [3.63, 3.8) is 0 Å². The number of hydrogen-bond donors (Lipinski definition) is 1. The van der Waals surface area contributed by atoms with Crippen LogP contribution < -0.4 is 5.73 Å². The molecule has 0 saturated carbocycles. The van der Waals surface area contributed by atoms with Gasteiger partial charge in [0.15, 0.2) is 0 Å². The summed E-state index contributed by atoms with van der Waals surface area (Å²) in [7, 11) is 0. The third-order valence-electron chi connectivity index (χ3n) is 5.49. The van der Waals surface area contributed by atoms with Gasteiger partial charge in [-0.25, -0.2) is 0 Å². The lowest BCUT2D eigenvalue weighted by Gasteiger charge is -2.16. The Morgan fingerprint density at radius 1 is 1.11 bits per heavy atom. The SMILES string of the molecule is Cc1nn(Cc2ccccc2)c(C)c1-c1ccc(C(=O)N2CC[C@@H](N)C2)cc1. The average Bonchev–Trinajstić information content (AvgIpc) is 3.25. The molecule has 3 aromatic rings. The molecule has 2 aromatic carbocycles. The Morgan fingerprint density at radius 3 is 2.46 bits per heavy atom. The van der Waals surface area contributed by atoms with E-state index in [1.807, 2.05) is 59.0 Å². The highest BCUT2D eigenvalue weighted by Crippen LogP contribution is 2.28. The van der Waals surface area contributed by atoms with Crippen molar-refractivity contribution >= 4 is 5.91 Å². The van der Waals surface area contributed by atoms with Crippen LogP contribution in [0.1, 0.15) is 33.7 Å². The molecule has 0 aliphatic carbocycles. The van der Waals surface area contributed by atoms with Gasteiger partial charge in [-0.3, -0.25) is 9.48 Å². The Kier molecular flexibility index (Phi) is 5.01. The lowest BCUT2D eigenvalue weighted by Crippen LogP contribution is -2.31. The van der Waals surface area contributed by atoms with Crippen LogP contribution in [0.5, 0.6) is 0 Å². The molecule has 28 heavy (non-hydrogen) atoms. The summed E-state index contributed by atoms with van der Waals surface area (Å²) in [6.07, 6.45) is 0.878. The van der Waals surface area contributed by atoms with Crippen LogP contribution in [-0.2, 0) is 6.54 Å². The van der Waals surface area contributed by atoms with Gasteiger partial charge in [-0.1, -0.05) is 42.5 Å². The zero-order valence-corrected chi connectivity index (χ0v) is 16.4. The smallest absolute Gasteiger partial charge is 0.253 e. The van der Waals surface area contributed by atoms with Crippen LogP contribution in [0.4, 0.5) is 0 Å². The Hall–Kier alpha value is -2.92. The summed E-state index contributed by atoms with van der Waals surface area (Å²) in [4.78, 5) is 14.5. The summed E-state index contributed by atoms with van der Waals surface area (Å²) >= 11 is 0. The Morgan fingerprint density at radius 2 is 1.82 bits per heavy atom. The number of likely N-dealkylation sites (tertiary alicyclic amines) is 1. The number of rotatable bonds is 4. The largest absolute Gasteiger partial charge is 0.337 e. The van der Waals surface area contributed by atoms with Crippen LogP contribution in [0, 0.1) is 13.8 Å². The van der Waals surface area contributed by atoms with Crippen molar-refractivity contribution in [3.8, 4) is 11.1 Å². The molecule has 0 bridgehead atoms. The predicted octanol–water partition coefficient (Wildman–Crippen LogP) is 3.39. The maximum atomic E-state index is 12.6. The Balaban J connectivity index is 1.57. The minimum absolute atomic E-state index is 0.0627. The van der Waals surface area contributed by atoms with E-state index < -0.39 is 0 Å². The van der Waals surface area contributed by atoms with Crippen LogP contribution in [-0.4, -0.2) is 39.7 Å². The van der Waals surface area contributed by atoms with E-state index >= 15 is 0 Å². The van der Waals surface area contributed by atoms with Crippen molar-refractivity contribution < 1.29 is 4.79 Å². The van der Waals surface area contributed by atoms with Crippen LogP contribution in [0.3, 0.4) is 0 Å². The molecule has 1 aliphatic rings. The van der Waals surface area contributed by atoms with E-state index in [9.17, 15) is 4.79 Å². The van der Waals surface area contributed by atoms with Crippen LogP contribution in [0.25, 0.3) is 11.1 Å². The summed E-state index contributed by atoms with van der Waals surface area (Å²) in [6, 6.07) is 18.3. The second-order valence-electron chi connectivity index (χ2n) is 7.57. The van der Waals surface area contributed by atoms with Gasteiger partial charge in [-0.2, -0.15) is 5.10 Å². The molecule has 1 amide bonds. The number of benzene rings is 2. The minimum atomic E-state index is 0.0627. The first-order valence-electron chi connectivity index (χ1n) is 9.76. The van der Waals surface area contributed by atoms with Gasteiger partial charge in [0, 0.05) is 36.0 Å². The molecule has 1 aliphatic heterocycles. The van der Waals surface area contributed by atoms with E-state index in [-0.39, 0.29) is 11.9 Å². The lowest BCUT2D eigenvalue weighted by atomic mass is 10.0. The first-order chi connectivity index (χ1) is 13.5. The quantitative estimate of drug-likeness (QED) is 0.761. The Labute approximate surface area is 165 Å². The number of hydrogen-bond acceptors (Lipinski definition) is 3. The van der Waals surface area contributed by atoms with Crippen molar-refractivity contribution in [1.29, 1.82) is 0 Å². The van der Waals surface area contributed by atoms with Crippen molar-refractivity contribution in [1.82, 2.24) is 14.7 Å². The number of aromatic nitrogens is 2. The van der Waals surface area contributed by atoms with Gasteiger partial charge >= 0.3 is 0 Å². The van der Waals surface area contributed by atoms with Gasteiger partial charge in [0.1, 0.15) is 0 Å². The van der Waals surface area contributed by atoms with Gasteiger partial charge < -0.3 is 10.6 Å². The molecular weight excluding hydrogens is 348 g/mol. The number of nitrogens with two attached hydrogens (primary N) is 1. The third kappa shape index (κ3) is 3.58. The van der Waals surface area contributed by atoms with E-state index in [1.54, 1.807) is 0 Å². The van der Waals surface area contributed by atoms with Gasteiger partial charge in [-0.15, -0.1) is 0 Å². The maximum Gasteiger partial charge on any atom is 0.253 e. The minimum Gasteiger partial charge on any atom is -0.337 e. The molecule has 2 N–H and O–H groups in total. The monoisotopic (exact) mass is 374 g/mol. The number of carbonyl (C=O) groups excluding carboxylic acids is 1. The first-order valence-corrected chi connectivity index (χ1v) is 9.76. The molecule has 5 heteroatoms. The number of nitrogens with zero attached hydrogens (tertiary/aromatic N) is 3. The van der Waals surface area contributed by atoms with E-state index in [4.69, 9.17) is 10.8 Å². The van der Waals surface area contributed by atoms with Gasteiger partial charge in [0.05, 0.1) is 12.2 Å². The first kappa shape index (κ1) is 18.4. The van der Waals surface area contributed by atoms with Crippen molar-refractivity contribution in [3.05, 3.63) is 77.1 Å². The molecule has 1 fully saturated rings.